The molecular formula is C14H20ClNO2. The number of benzene rings is 1. The molecule has 4 heteroatoms. The lowest BCUT2D eigenvalue weighted by Crippen LogP contribution is -2.33. The fourth-order valence-electron chi connectivity index (χ4n) is 2.22. The highest BCUT2D eigenvalue weighted by atomic mass is 35.5. The fourth-order valence-corrected chi connectivity index (χ4v) is 2.41. The molecule has 0 saturated heterocycles. The van der Waals surface area contributed by atoms with Crippen LogP contribution in [0.1, 0.15) is 18.9 Å². The molecule has 2 N–H and O–H groups in total. The molecule has 2 unspecified atom stereocenters. The van der Waals surface area contributed by atoms with E-state index < -0.39 is 0 Å². The van der Waals surface area contributed by atoms with Crippen LogP contribution in [0.25, 0.3) is 0 Å². The standard InChI is InChI=1S/C14H20ClNO2/c1-10(4-5-17)8-16-9-13-7-11-6-12(15)2-3-14(11)18-13/h2-3,6,10,13,16-17H,4-5,7-9H2,1H3. The van der Waals surface area contributed by atoms with Gasteiger partial charge in [-0.1, -0.05) is 18.5 Å². The minimum Gasteiger partial charge on any atom is -0.488 e. The van der Waals surface area contributed by atoms with E-state index in [0.29, 0.717) is 5.92 Å². The number of rotatable bonds is 6. The Morgan fingerprint density at radius 3 is 3.17 bits per heavy atom. The van der Waals surface area contributed by atoms with Gasteiger partial charge in [-0.25, -0.2) is 0 Å². The predicted octanol–water partition coefficient (Wildman–Crippen LogP) is 2.25. The van der Waals surface area contributed by atoms with Crippen molar-refractivity contribution in [1.82, 2.24) is 5.32 Å². The zero-order valence-corrected chi connectivity index (χ0v) is 11.4. The van der Waals surface area contributed by atoms with Crippen LogP contribution in [0.3, 0.4) is 0 Å². The topological polar surface area (TPSA) is 41.5 Å². The molecule has 0 aliphatic carbocycles. The Hall–Kier alpha value is -0.770. The molecule has 1 aromatic rings. The van der Waals surface area contributed by atoms with Crippen molar-refractivity contribution in [2.45, 2.75) is 25.9 Å². The summed E-state index contributed by atoms with van der Waals surface area (Å²) in [5.74, 6) is 1.45. The molecule has 0 aromatic heterocycles. The smallest absolute Gasteiger partial charge is 0.123 e. The second-order valence-electron chi connectivity index (χ2n) is 4.97. The number of fused-ring (bicyclic) bond motifs is 1. The van der Waals surface area contributed by atoms with Gasteiger partial charge in [-0.15, -0.1) is 0 Å². The van der Waals surface area contributed by atoms with Crippen molar-refractivity contribution in [3.8, 4) is 5.75 Å². The normalized spacial score (nSPS) is 19.4. The summed E-state index contributed by atoms with van der Waals surface area (Å²) in [6, 6.07) is 5.77. The van der Waals surface area contributed by atoms with E-state index in [1.54, 1.807) is 0 Å². The molecule has 0 saturated carbocycles. The lowest BCUT2D eigenvalue weighted by Gasteiger charge is -2.14. The average molecular weight is 270 g/mol. The van der Waals surface area contributed by atoms with E-state index in [4.69, 9.17) is 21.4 Å². The fraction of sp³-hybridized carbons (Fsp3) is 0.571. The van der Waals surface area contributed by atoms with E-state index in [0.717, 1.165) is 36.7 Å². The van der Waals surface area contributed by atoms with Crippen LogP contribution in [0.4, 0.5) is 0 Å². The zero-order valence-electron chi connectivity index (χ0n) is 10.7. The van der Waals surface area contributed by atoms with E-state index in [1.807, 2.05) is 18.2 Å². The lowest BCUT2D eigenvalue weighted by molar-refractivity contribution is 0.220. The van der Waals surface area contributed by atoms with Gasteiger partial charge < -0.3 is 15.2 Å². The van der Waals surface area contributed by atoms with E-state index >= 15 is 0 Å². The van der Waals surface area contributed by atoms with Gasteiger partial charge in [0.2, 0.25) is 0 Å². The predicted molar refractivity (Wildman–Crippen MR) is 73.3 cm³/mol. The second-order valence-corrected chi connectivity index (χ2v) is 5.41. The van der Waals surface area contributed by atoms with Gasteiger partial charge >= 0.3 is 0 Å². The maximum absolute atomic E-state index is 8.83. The molecule has 0 bridgehead atoms. The van der Waals surface area contributed by atoms with E-state index in [1.165, 1.54) is 5.56 Å². The third-order valence-corrected chi connectivity index (χ3v) is 3.49. The van der Waals surface area contributed by atoms with Crippen LogP contribution >= 0.6 is 11.6 Å². The first-order valence-electron chi connectivity index (χ1n) is 6.45. The molecule has 2 rings (SSSR count). The molecule has 100 valence electrons. The van der Waals surface area contributed by atoms with Crippen molar-refractivity contribution in [2.75, 3.05) is 19.7 Å². The summed E-state index contributed by atoms with van der Waals surface area (Å²) < 4.78 is 5.83. The maximum Gasteiger partial charge on any atom is 0.123 e. The Balaban J connectivity index is 1.74. The number of halogens is 1. The Kier molecular flexibility index (Phi) is 4.87. The first-order valence-corrected chi connectivity index (χ1v) is 6.83. The first-order chi connectivity index (χ1) is 8.69. The summed E-state index contributed by atoms with van der Waals surface area (Å²) in [6.07, 6.45) is 1.95. The maximum atomic E-state index is 8.83. The van der Waals surface area contributed by atoms with E-state index in [-0.39, 0.29) is 12.7 Å². The molecule has 1 aliphatic heterocycles. The highest BCUT2D eigenvalue weighted by molar-refractivity contribution is 6.30. The van der Waals surface area contributed by atoms with Crippen LogP contribution < -0.4 is 10.1 Å². The molecule has 1 heterocycles. The Morgan fingerprint density at radius 2 is 2.39 bits per heavy atom. The largest absolute Gasteiger partial charge is 0.488 e. The Bertz CT molecular complexity index is 397. The third-order valence-electron chi connectivity index (χ3n) is 3.25. The number of ether oxygens (including phenoxy) is 1. The molecule has 2 atom stereocenters. The van der Waals surface area contributed by atoms with Gasteiger partial charge in [0.15, 0.2) is 0 Å². The van der Waals surface area contributed by atoms with Crippen molar-refractivity contribution in [2.24, 2.45) is 5.92 Å². The number of aliphatic hydroxyl groups excluding tert-OH is 1. The average Bonchev–Trinajstić information content (AvgIpc) is 2.71. The second kappa shape index (κ2) is 6.41. The monoisotopic (exact) mass is 269 g/mol. The van der Waals surface area contributed by atoms with Crippen molar-refractivity contribution in [1.29, 1.82) is 0 Å². The van der Waals surface area contributed by atoms with E-state index in [2.05, 4.69) is 12.2 Å². The summed E-state index contributed by atoms with van der Waals surface area (Å²) >= 11 is 5.96. The molecule has 0 amide bonds. The first kappa shape index (κ1) is 13.7. The van der Waals surface area contributed by atoms with Gasteiger partial charge in [-0.05, 0) is 42.6 Å². The Labute approximate surface area is 113 Å². The SMILES string of the molecule is CC(CCO)CNCC1Cc2cc(Cl)ccc2O1. The van der Waals surface area contributed by atoms with Gasteiger partial charge in [0.1, 0.15) is 11.9 Å². The van der Waals surface area contributed by atoms with Crippen LogP contribution in [-0.4, -0.2) is 30.9 Å². The van der Waals surface area contributed by atoms with E-state index in [9.17, 15) is 0 Å². The number of hydrogen-bond donors (Lipinski definition) is 2. The lowest BCUT2D eigenvalue weighted by atomic mass is 10.1. The Morgan fingerprint density at radius 1 is 1.56 bits per heavy atom. The molecule has 0 spiro atoms. The molecule has 0 radical (unpaired) electrons. The summed E-state index contributed by atoms with van der Waals surface area (Å²) in [4.78, 5) is 0. The highest BCUT2D eigenvalue weighted by Crippen LogP contribution is 2.30. The van der Waals surface area contributed by atoms with Gasteiger partial charge in [0, 0.05) is 24.6 Å². The van der Waals surface area contributed by atoms with Gasteiger partial charge in [0.05, 0.1) is 0 Å². The van der Waals surface area contributed by atoms with Crippen LogP contribution in [0.2, 0.25) is 5.02 Å². The van der Waals surface area contributed by atoms with Crippen molar-refractivity contribution in [3.05, 3.63) is 28.8 Å². The van der Waals surface area contributed by atoms with Crippen LogP contribution in [0.15, 0.2) is 18.2 Å². The minimum absolute atomic E-state index is 0.194. The van der Waals surface area contributed by atoms with Crippen molar-refractivity contribution in [3.63, 3.8) is 0 Å². The zero-order chi connectivity index (χ0) is 13.0. The molecule has 3 nitrogen and oxygen atoms in total. The van der Waals surface area contributed by atoms with Crippen LogP contribution in [0.5, 0.6) is 5.75 Å². The van der Waals surface area contributed by atoms with Crippen LogP contribution in [0, 0.1) is 5.92 Å². The summed E-state index contributed by atoms with van der Waals surface area (Å²) in [6.45, 7) is 4.14. The summed E-state index contributed by atoms with van der Waals surface area (Å²) in [7, 11) is 0. The van der Waals surface area contributed by atoms with Gasteiger partial charge in [-0.2, -0.15) is 0 Å². The molecule has 0 fully saturated rings. The molecular weight excluding hydrogens is 250 g/mol. The molecule has 1 aromatic carbocycles. The van der Waals surface area contributed by atoms with Crippen LogP contribution in [-0.2, 0) is 6.42 Å². The van der Waals surface area contributed by atoms with Gasteiger partial charge in [-0.3, -0.25) is 0 Å². The minimum atomic E-state index is 0.194. The van der Waals surface area contributed by atoms with Crippen molar-refractivity contribution >= 4 is 11.6 Å². The third kappa shape index (κ3) is 3.61. The number of hydrogen-bond acceptors (Lipinski definition) is 3. The molecule has 18 heavy (non-hydrogen) atoms. The van der Waals surface area contributed by atoms with Gasteiger partial charge in [0.25, 0.3) is 0 Å². The number of nitrogens with one attached hydrogen (secondary N) is 1. The quantitative estimate of drug-likeness (QED) is 0.832. The highest BCUT2D eigenvalue weighted by Gasteiger charge is 2.22. The van der Waals surface area contributed by atoms with Crippen molar-refractivity contribution < 1.29 is 9.84 Å². The summed E-state index contributed by atoms with van der Waals surface area (Å²) in [5.41, 5.74) is 1.19. The number of aliphatic hydroxyl groups is 1. The summed E-state index contributed by atoms with van der Waals surface area (Å²) in [5, 5.41) is 13.0. The molecule has 1 aliphatic rings.